The van der Waals surface area contributed by atoms with Crippen LogP contribution in [0.4, 0.5) is 8.78 Å². The zero-order valence-corrected chi connectivity index (χ0v) is 19.2. The fourth-order valence-corrected chi connectivity index (χ4v) is 3.22. The zero-order valence-electron chi connectivity index (χ0n) is 19.2. The third-order valence-electron chi connectivity index (χ3n) is 4.81. The summed E-state index contributed by atoms with van der Waals surface area (Å²) in [5, 5.41) is 2.46. The zero-order chi connectivity index (χ0) is 25.5. The van der Waals surface area contributed by atoms with Crippen LogP contribution in [0.1, 0.15) is 42.4 Å². The van der Waals surface area contributed by atoms with Gasteiger partial charge in [0, 0.05) is 18.7 Å². The summed E-state index contributed by atoms with van der Waals surface area (Å²) in [5.41, 5.74) is 1.35. The van der Waals surface area contributed by atoms with Gasteiger partial charge in [-0.2, -0.15) is 0 Å². The van der Waals surface area contributed by atoms with Gasteiger partial charge in [-0.05, 0) is 61.4 Å². The van der Waals surface area contributed by atoms with Crippen LogP contribution < -0.4 is 10.1 Å². The number of pyridine rings is 1. The van der Waals surface area contributed by atoms with Gasteiger partial charge in [0.25, 0.3) is 5.91 Å². The molecule has 1 heterocycles. The number of halogens is 2. The first-order valence-electron chi connectivity index (χ1n) is 10.5. The number of allylic oxidation sites excluding steroid dienone is 1. The van der Waals surface area contributed by atoms with Crippen molar-refractivity contribution in [3.05, 3.63) is 101 Å². The minimum Gasteiger partial charge on any atom is -0.429 e. The maximum atomic E-state index is 13.5. The van der Waals surface area contributed by atoms with Gasteiger partial charge in [0.15, 0.2) is 11.4 Å². The average Bonchev–Trinajstić information content (AvgIpc) is 2.81. The van der Waals surface area contributed by atoms with Crippen LogP contribution in [-0.4, -0.2) is 28.9 Å². The van der Waals surface area contributed by atoms with Crippen molar-refractivity contribution < 1.29 is 32.6 Å². The predicted molar refractivity (Wildman–Crippen MR) is 123 cm³/mol. The van der Waals surface area contributed by atoms with Gasteiger partial charge < -0.3 is 14.8 Å². The topological polar surface area (TPSA) is 94.6 Å². The van der Waals surface area contributed by atoms with Gasteiger partial charge in [0.05, 0.1) is 0 Å². The molecule has 0 spiro atoms. The van der Waals surface area contributed by atoms with Crippen LogP contribution in [0.2, 0.25) is 0 Å². The first kappa shape index (κ1) is 25.2. The molecule has 180 valence electrons. The highest BCUT2D eigenvalue weighted by atomic mass is 19.1. The molecule has 0 aliphatic heterocycles. The quantitative estimate of drug-likeness (QED) is 0.397. The number of benzene rings is 2. The summed E-state index contributed by atoms with van der Waals surface area (Å²) in [7, 11) is 0. The van der Waals surface area contributed by atoms with E-state index in [4.69, 9.17) is 9.47 Å². The SMILES string of the molecule is CC(=O)Oc1cccnc1C(=O)N[C@@H](C)C(=O)OC(C)=C(c1ccc(F)cc1)c1ccc(F)cc1. The summed E-state index contributed by atoms with van der Waals surface area (Å²) in [6.07, 6.45) is 1.34. The number of esters is 2. The van der Waals surface area contributed by atoms with Crippen molar-refractivity contribution in [2.45, 2.75) is 26.8 Å². The van der Waals surface area contributed by atoms with E-state index in [2.05, 4.69) is 10.3 Å². The average molecular weight is 480 g/mol. The van der Waals surface area contributed by atoms with Crippen molar-refractivity contribution >= 4 is 23.4 Å². The summed E-state index contributed by atoms with van der Waals surface area (Å²) in [4.78, 5) is 40.6. The van der Waals surface area contributed by atoms with Crippen molar-refractivity contribution in [1.29, 1.82) is 0 Å². The second-order valence-corrected chi connectivity index (χ2v) is 7.51. The normalized spacial score (nSPS) is 11.2. The van der Waals surface area contributed by atoms with Gasteiger partial charge >= 0.3 is 11.9 Å². The van der Waals surface area contributed by atoms with Crippen LogP contribution >= 0.6 is 0 Å². The summed E-state index contributed by atoms with van der Waals surface area (Å²) >= 11 is 0. The minimum absolute atomic E-state index is 0.0518. The maximum absolute atomic E-state index is 13.5. The molecule has 0 saturated heterocycles. The number of nitrogens with zero attached hydrogens (tertiary/aromatic N) is 1. The van der Waals surface area contributed by atoms with E-state index in [0.29, 0.717) is 16.7 Å². The van der Waals surface area contributed by atoms with Gasteiger partial charge in [-0.3, -0.25) is 9.59 Å². The monoisotopic (exact) mass is 480 g/mol. The number of hydrogen-bond donors (Lipinski definition) is 1. The van der Waals surface area contributed by atoms with Gasteiger partial charge in [-0.15, -0.1) is 0 Å². The number of ether oxygens (including phenoxy) is 2. The van der Waals surface area contributed by atoms with Gasteiger partial charge in [-0.25, -0.2) is 18.6 Å². The van der Waals surface area contributed by atoms with Crippen molar-refractivity contribution in [3.63, 3.8) is 0 Å². The van der Waals surface area contributed by atoms with Crippen LogP contribution in [0, 0.1) is 11.6 Å². The Morgan fingerprint density at radius 3 is 1.94 bits per heavy atom. The van der Waals surface area contributed by atoms with E-state index in [1.807, 2.05) is 0 Å². The largest absolute Gasteiger partial charge is 0.429 e. The standard InChI is InChI=1S/C26H22F2N2O5/c1-15(30-25(32)24-22(35-17(3)31)5-4-14-29-24)26(33)34-16(2)23(18-6-10-20(27)11-7-18)19-8-12-21(28)13-9-19/h4-15H,1-3H3,(H,30,32)/t15-/m0/s1. The Balaban J connectivity index is 1.83. The third kappa shape index (κ3) is 6.57. The molecular formula is C26H22F2N2O5. The van der Waals surface area contributed by atoms with E-state index in [1.165, 1.54) is 87.6 Å². The number of nitrogens with one attached hydrogen (secondary N) is 1. The summed E-state index contributed by atoms with van der Waals surface area (Å²) in [5.74, 6) is -2.94. The second kappa shape index (κ2) is 11.1. The Morgan fingerprint density at radius 1 is 0.886 bits per heavy atom. The molecule has 0 aliphatic rings. The van der Waals surface area contributed by atoms with Crippen LogP contribution in [0.15, 0.2) is 72.6 Å². The van der Waals surface area contributed by atoms with Crippen LogP contribution in [-0.2, 0) is 14.3 Å². The molecule has 0 unspecified atom stereocenters. The highest BCUT2D eigenvalue weighted by Gasteiger charge is 2.23. The molecule has 0 bridgehead atoms. The fourth-order valence-electron chi connectivity index (χ4n) is 3.22. The molecule has 0 saturated carbocycles. The Hall–Kier alpha value is -4.40. The first-order chi connectivity index (χ1) is 16.7. The fraction of sp³-hybridized carbons (Fsp3) is 0.154. The Morgan fingerprint density at radius 2 is 1.43 bits per heavy atom. The summed E-state index contributed by atoms with van der Waals surface area (Å²) in [6.45, 7) is 4.13. The van der Waals surface area contributed by atoms with E-state index in [9.17, 15) is 23.2 Å². The molecule has 1 atom stereocenters. The van der Waals surface area contributed by atoms with Gasteiger partial charge in [0.2, 0.25) is 0 Å². The van der Waals surface area contributed by atoms with E-state index >= 15 is 0 Å². The number of hydrogen-bond acceptors (Lipinski definition) is 6. The molecule has 7 nitrogen and oxygen atoms in total. The molecule has 3 rings (SSSR count). The Bertz CT molecular complexity index is 1220. The molecule has 0 aliphatic carbocycles. The number of carbonyl (C=O) groups is 3. The van der Waals surface area contributed by atoms with E-state index in [-0.39, 0.29) is 17.2 Å². The molecule has 0 radical (unpaired) electrons. The van der Waals surface area contributed by atoms with Crippen molar-refractivity contribution in [1.82, 2.24) is 10.3 Å². The number of amides is 1. The molecule has 3 aromatic rings. The van der Waals surface area contributed by atoms with Gasteiger partial charge in [-0.1, -0.05) is 24.3 Å². The summed E-state index contributed by atoms with van der Waals surface area (Å²) < 4.78 is 37.4. The van der Waals surface area contributed by atoms with E-state index in [0.717, 1.165) is 0 Å². The summed E-state index contributed by atoms with van der Waals surface area (Å²) in [6, 6.07) is 12.8. The molecule has 0 fully saturated rings. The predicted octanol–water partition coefficient (Wildman–Crippen LogP) is 4.43. The molecule has 2 aromatic carbocycles. The van der Waals surface area contributed by atoms with E-state index < -0.39 is 35.5 Å². The second-order valence-electron chi connectivity index (χ2n) is 7.51. The first-order valence-corrected chi connectivity index (χ1v) is 10.5. The molecule has 1 amide bonds. The minimum atomic E-state index is -1.10. The van der Waals surface area contributed by atoms with Crippen molar-refractivity contribution in [3.8, 4) is 5.75 Å². The lowest BCUT2D eigenvalue weighted by molar-refractivity contribution is -0.141. The lowest BCUT2D eigenvalue weighted by Crippen LogP contribution is -2.40. The number of carbonyl (C=O) groups excluding carboxylic acids is 3. The third-order valence-corrected chi connectivity index (χ3v) is 4.81. The van der Waals surface area contributed by atoms with Crippen LogP contribution in [0.5, 0.6) is 5.75 Å². The van der Waals surface area contributed by atoms with Crippen molar-refractivity contribution in [2.24, 2.45) is 0 Å². The van der Waals surface area contributed by atoms with Crippen LogP contribution in [0.25, 0.3) is 5.57 Å². The smallest absolute Gasteiger partial charge is 0.333 e. The molecule has 9 heteroatoms. The van der Waals surface area contributed by atoms with Crippen molar-refractivity contribution in [2.75, 3.05) is 0 Å². The molecular weight excluding hydrogens is 458 g/mol. The molecule has 1 N–H and O–H groups in total. The highest BCUT2D eigenvalue weighted by molar-refractivity contribution is 5.98. The lowest BCUT2D eigenvalue weighted by Gasteiger charge is -2.17. The molecule has 1 aromatic heterocycles. The maximum Gasteiger partial charge on any atom is 0.333 e. The van der Waals surface area contributed by atoms with Crippen LogP contribution in [0.3, 0.4) is 0 Å². The number of rotatable bonds is 7. The number of aromatic nitrogens is 1. The van der Waals surface area contributed by atoms with Gasteiger partial charge in [0.1, 0.15) is 23.4 Å². The Labute approximate surface area is 200 Å². The lowest BCUT2D eigenvalue weighted by atomic mass is 9.97. The highest BCUT2D eigenvalue weighted by Crippen LogP contribution is 2.28. The van der Waals surface area contributed by atoms with E-state index in [1.54, 1.807) is 0 Å². The Kier molecular flexibility index (Phi) is 8.04. The molecule has 35 heavy (non-hydrogen) atoms.